The van der Waals surface area contributed by atoms with Crippen LogP contribution in [0.5, 0.6) is 0 Å². The van der Waals surface area contributed by atoms with Crippen molar-refractivity contribution < 1.29 is 0 Å². The average Bonchev–Trinajstić information content (AvgIpc) is 2.97. The lowest BCUT2D eigenvalue weighted by molar-refractivity contribution is 0.269. The van der Waals surface area contributed by atoms with Gasteiger partial charge in [0.15, 0.2) is 0 Å². The summed E-state index contributed by atoms with van der Waals surface area (Å²) in [6.07, 6.45) is 49.6. The van der Waals surface area contributed by atoms with Crippen molar-refractivity contribution in [3.8, 4) is 0 Å². The molecule has 0 aliphatic heterocycles. The lowest BCUT2D eigenvalue weighted by atomic mass is 9.77. The molecule has 0 saturated heterocycles. The third kappa shape index (κ3) is 29.6. The molecule has 0 bridgehead atoms. The van der Waals surface area contributed by atoms with E-state index in [-0.39, 0.29) is 17.0 Å². The van der Waals surface area contributed by atoms with Gasteiger partial charge < -0.3 is 0 Å². The molecule has 0 spiro atoms. The first-order valence-electron chi connectivity index (χ1n) is 19.9. The molecule has 0 amide bonds. The fourth-order valence-electron chi connectivity index (χ4n) is 7.12. The molecule has 0 fully saturated rings. The zero-order chi connectivity index (χ0) is 30.1. The normalized spacial score (nSPS) is 12.5. The lowest BCUT2D eigenvalue weighted by Crippen LogP contribution is -2.32. The Kier molecular flexibility index (Phi) is 39.0. The summed E-state index contributed by atoms with van der Waals surface area (Å²) in [5, 5.41) is 0.511. The van der Waals surface area contributed by atoms with Gasteiger partial charge in [-0.25, -0.2) is 0 Å². The Hall–Kier alpha value is 0.910. The van der Waals surface area contributed by atoms with Crippen molar-refractivity contribution in [1.29, 1.82) is 0 Å². The molecule has 0 aliphatic carbocycles. The van der Waals surface area contributed by atoms with Crippen LogP contribution in [0.2, 0.25) is 0 Å². The van der Waals surface area contributed by atoms with E-state index in [0.717, 1.165) is 5.92 Å². The van der Waals surface area contributed by atoms with Gasteiger partial charge in [0.1, 0.15) is 0 Å². The van der Waals surface area contributed by atoms with Crippen LogP contribution in [0.25, 0.3) is 0 Å². The second-order valence-corrected chi connectivity index (χ2v) is 15.3. The Morgan fingerprint density at radius 1 is 0.333 bits per heavy atom. The Morgan fingerprint density at radius 2 is 0.548 bits per heavy atom. The minimum atomic E-state index is 0. The molecule has 256 valence electrons. The first-order valence-corrected chi connectivity index (χ1v) is 20.5. The van der Waals surface area contributed by atoms with E-state index >= 15 is 0 Å². The molecule has 0 radical (unpaired) electrons. The summed E-state index contributed by atoms with van der Waals surface area (Å²) in [6.45, 7) is 9.35. The van der Waals surface area contributed by atoms with E-state index in [4.69, 9.17) is 0 Å². The summed E-state index contributed by atoms with van der Waals surface area (Å²) in [5.74, 6) is 0.938. The van der Waals surface area contributed by atoms with Gasteiger partial charge in [-0.05, 0) is 36.8 Å². The van der Waals surface area contributed by atoms with Crippen LogP contribution in [0.15, 0.2) is 0 Å². The number of hydrogen-bond donors (Lipinski definition) is 0. The summed E-state index contributed by atoms with van der Waals surface area (Å²) in [4.78, 5) is 0. The van der Waals surface area contributed by atoms with Crippen molar-refractivity contribution >= 4 is 26.2 Å². The van der Waals surface area contributed by atoms with Gasteiger partial charge in [0, 0.05) is 0 Å². The van der Waals surface area contributed by atoms with Crippen LogP contribution in [0.3, 0.4) is 0 Å². The SMILES string of the molecule is Br.CCCCCCCCCCCCCCC(CCCCCCCC)C(P)(CCCCCCCC)CCCCCCCC. The van der Waals surface area contributed by atoms with E-state index in [2.05, 4.69) is 36.9 Å². The lowest BCUT2D eigenvalue weighted by Gasteiger charge is -2.39. The van der Waals surface area contributed by atoms with E-state index < -0.39 is 0 Å². The molecular weight excluding hydrogens is 591 g/mol. The van der Waals surface area contributed by atoms with Crippen molar-refractivity contribution in [3.05, 3.63) is 0 Å². The molecule has 0 heterocycles. The van der Waals surface area contributed by atoms with E-state index in [1.807, 2.05) is 0 Å². The molecule has 0 saturated carbocycles. The van der Waals surface area contributed by atoms with E-state index in [9.17, 15) is 0 Å². The van der Waals surface area contributed by atoms with Crippen molar-refractivity contribution in [1.82, 2.24) is 0 Å². The van der Waals surface area contributed by atoms with Gasteiger partial charge in [0.2, 0.25) is 0 Å². The highest BCUT2D eigenvalue weighted by atomic mass is 79.9. The molecule has 0 aliphatic rings. The quantitative estimate of drug-likeness (QED) is 0.0463. The number of rotatable bonds is 35. The van der Waals surface area contributed by atoms with Crippen molar-refractivity contribution in [2.75, 3.05) is 0 Å². The molecule has 0 rings (SSSR count). The van der Waals surface area contributed by atoms with Gasteiger partial charge in [0.25, 0.3) is 0 Å². The molecule has 0 aromatic carbocycles. The molecule has 42 heavy (non-hydrogen) atoms. The van der Waals surface area contributed by atoms with E-state index in [1.165, 1.54) is 218 Å². The van der Waals surface area contributed by atoms with Gasteiger partial charge in [0.05, 0.1) is 0 Å². The van der Waals surface area contributed by atoms with Crippen LogP contribution in [0.4, 0.5) is 0 Å². The molecule has 0 nitrogen and oxygen atoms in total. The third-order valence-electron chi connectivity index (χ3n) is 10.1. The Bertz CT molecular complexity index is 462. The summed E-state index contributed by atoms with van der Waals surface area (Å²) in [7, 11) is 3.55. The number of halogens is 1. The average molecular weight is 676 g/mol. The first kappa shape index (κ1) is 45.0. The smallest absolute Gasteiger partial charge is 0.0122 e. The molecule has 2 unspecified atom stereocenters. The van der Waals surface area contributed by atoms with Crippen LogP contribution in [0.1, 0.15) is 246 Å². The Labute approximate surface area is 282 Å². The molecule has 0 aromatic heterocycles. The minimum absolute atomic E-state index is 0. The maximum absolute atomic E-state index is 3.55. The topological polar surface area (TPSA) is 0 Å². The third-order valence-corrected chi connectivity index (χ3v) is 11.2. The number of hydrogen-bond acceptors (Lipinski definition) is 0. The molecule has 2 atom stereocenters. The number of unbranched alkanes of at least 4 members (excludes halogenated alkanes) is 26. The van der Waals surface area contributed by atoms with Crippen LogP contribution in [-0.4, -0.2) is 5.16 Å². The summed E-state index contributed by atoms with van der Waals surface area (Å²) >= 11 is 0. The highest BCUT2D eigenvalue weighted by Gasteiger charge is 2.32. The molecule has 0 N–H and O–H groups in total. The monoisotopic (exact) mass is 675 g/mol. The van der Waals surface area contributed by atoms with Crippen molar-refractivity contribution in [3.63, 3.8) is 0 Å². The highest BCUT2D eigenvalue weighted by molar-refractivity contribution is 8.93. The predicted molar refractivity (Wildman–Crippen MR) is 206 cm³/mol. The van der Waals surface area contributed by atoms with Gasteiger partial charge in [-0.2, -0.15) is 0 Å². The van der Waals surface area contributed by atoms with Crippen LogP contribution < -0.4 is 0 Å². The minimum Gasteiger partial charge on any atom is -0.131 e. The second-order valence-electron chi connectivity index (χ2n) is 14.2. The van der Waals surface area contributed by atoms with Crippen molar-refractivity contribution in [2.45, 2.75) is 251 Å². The summed E-state index contributed by atoms with van der Waals surface area (Å²) < 4.78 is 0. The predicted octanol–water partition coefficient (Wildman–Crippen LogP) is 16.1. The fourth-order valence-corrected chi connectivity index (χ4v) is 7.87. The van der Waals surface area contributed by atoms with Crippen LogP contribution in [0, 0.1) is 5.92 Å². The van der Waals surface area contributed by atoms with Crippen molar-refractivity contribution in [2.24, 2.45) is 5.92 Å². The van der Waals surface area contributed by atoms with Gasteiger partial charge in [-0.15, -0.1) is 26.2 Å². The van der Waals surface area contributed by atoms with Gasteiger partial charge in [-0.1, -0.05) is 220 Å². The van der Waals surface area contributed by atoms with E-state index in [1.54, 1.807) is 0 Å². The second kappa shape index (κ2) is 36.4. The molecule has 0 aromatic rings. The maximum Gasteiger partial charge on any atom is -0.0122 e. The standard InChI is InChI=1S/C40H83P.BrH/c1-5-9-13-17-21-22-23-24-25-26-28-32-36-39(35-31-27-18-14-10-6-2)40(41,37-33-29-19-15-11-7-3)38-34-30-20-16-12-8-4;/h39H,5-38,41H2,1-4H3;1H. The zero-order valence-corrected chi connectivity index (χ0v) is 33.0. The highest BCUT2D eigenvalue weighted by Crippen LogP contribution is 2.44. The Balaban J connectivity index is 0. The van der Waals surface area contributed by atoms with Crippen LogP contribution >= 0.6 is 26.2 Å². The summed E-state index contributed by atoms with van der Waals surface area (Å²) in [5.41, 5.74) is 0. The van der Waals surface area contributed by atoms with Gasteiger partial charge >= 0.3 is 0 Å². The fraction of sp³-hybridized carbons (Fsp3) is 1.00. The maximum atomic E-state index is 3.55. The summed E-state index contributed by atoms with van der Waals surface area (Å²) in [6, 6.07) is 0. The Morgan fingerprint density at radius 3 is 0.810 bits per heavy atom. The first-order chi connectivity index (χ1) is 20.1. The van der Waals surface area contributed by atoms with E-state index in [0.29, 0.717) is 5.16 Å². The zero-order valence-electron chi connectivity index (χ0n) is 30.1. The molecular formula is C40H84BrP. The van der Waals surface area contributed by atoms with Gasteiger partial charge in [-0.3, -0.25) is 0 Å². The van der Waals surface area contributed by atoms with Crippen LogP contribution in [-0.2, 0) is 0 Å². The molecule has 2 heteroatoms. The largest absolute Gasteiger partial charge is 0.131 e.